The van der Waals surface area contributed by atoms with E-state index >= 15 is 0 Å². The van der Waals surface area contributed by atoms with Gasteiger partial charge in [0.25, 0.3) is 0 Å². The molecule has 1 fully saturated rings. The SMILES string of the molecule is O=C(O)c1ccnc2ccc(N3CCCCC3CF)cc12. The maximum atomic E-state index is 13.2. The second kappa shape index (κ2) is 5.68. The molecule has 2 heterocycles. The zero-order chi connectivity index (χ0) is 14.8. The average Bonchev–Trinajstić information content (AvgIpc) is 2.53. The van der Waals surface area contributed by atoms with E-state index in [-0.39, 0.29) is 18.3 Å². The minimum Gasteiger partial charge on any atom is -0.478 e. The number of benzene rings is 1. The number of aromatic nitrogens is 1. The number of aromatic carboxylic acids is 1. The van der Waals surface area contributed by atoms with Crippen molar-refractivity contribution in [1.29, 1.82) is 0 Å². The van der Waals surface area contributed by atoms with Crippen LogP contribution in [0.2, 0.25) is 0 Å². The number of piperidine rings is 1. The lowest BCUT2D eigenvalue weighted by Gasteiger charge is -2.36. The van der Waals surface area contributed by atoms with Crippen molar-refractivity contribution in [2.75, 3.05) is 18.1 Å². The van der Waals surface area contributed by atoms with Gasteiger partial charge in [-0.2, -0.15) is 0 Å². The highest BCUT2D eigenvalue weighted by Gasteiger charge is 2.23. The van der Waals surface area contributed by atoms with Crippen molar-refractivity contribution >= 4 is 22.6 Å². The summed E-state index contributed by atoms with van der Waals surface area (Å²) in [5, 5.41) is 9.88. The van der Waals surface area contributed by atoms with Crippen molar-refractivity contribution in [2.45, 2.75) is 25.3 Å². The van der Waals surface area contributed by atoms with Crippen LogP contribution < -0.4 is 4.90 Å². The molecule has 1 aromatic carbocycles. The van der Waals surface area contributed by atoms with Crippen molar-refractivity contribution < 1.29 is 14.3 Å². The van der Waals surface area contributed by atoms with E-state index in [2.05, 4.69) is 4.98 Å². The standard InChI is InChI=1S/C16H17FN2O2/c17-10-12-3-1-2-8-19(12)11-4-5-15-14(9-11)13(16(20)21)6-7-18-15/h4-7,9,12H,1-3,8,10H2,(H,20,21). The van der Waals surface area contributed by atoms with Crippen LogP contribution in [0.1, 0.15) is 29.6 Å². The van der Waals surface area contributed by atoms with Crippen molar-refractivity contribution in [3.63, 3.8) is 0 Å². The minimum absolute atomic E-state index is 0.110. The highest BCUT2D eigenvalue weighted by atomic mass is 19.1. The van der Waals surface area contributed by atoms with Crippen LogP contribution in [-0.4, -0.2) is 35.3 Å². The molecule has 0 amide bonds. The Morgan fingerprint density at radius 2 is 2.24 bits per heavy atom. The number of hydrogen-bond donors (Lipinski definition) is 1. The predicted molar refractivity (Wildman–Crippen MR) is 79.7 cm³/mol. The Bertz CT molecular complexity index is 674. The van der Waals surface area contributed by atoms with E-state index in [1.165, 1.54) is 12.3 Å². The number of halogens is 1. The molecule has 2 aromatic rings. The van der Waals surface area contributed by atoms with Crippen LogP contribution >= 0.6 is 0 Å². The first kappa shape index (κ1) is 13.8. The van der Waals surface area contributed by atoms with Gasteiger partial charge in [0, 0.05) is 23.8 Å². The van der Waals surface area contributed by atoms with Crippen molar-refractivity contribution in [1.82, 2.24) is 4.98 Å². The van der Waals surface area contributed by atoms with Crippen molar-refractivity contribution in [3.8, 4) is 0 Å². The van der Waals surface area contributed by atoms with Gasteiger partial charge in [0.15, 0.2) is 0 Å². The molecule has 1 aliphatic heterocycles. The van der Waals surface area contributed by atoms with Gasteiger partial charge in [0.2, 0.25) is 0 Å². The molecule has 1 N–H and O–H groups in total. The van der Waals surface area contributed by atoms with Gasteiger partial charge in [-0.25, -0.2) is 9.18 Å². The summed E-state index contributed by atoms with van der Waals surface area (Å²) in [7, 11) is 0. The van der Waals surface area contributed by atoms with E-state index in [0.717, 1.165) is 31.5 Å². The van der Waals surface area contributed by atoms with E-state index in [1.807, 2.05) is 17.0 Å². The second-order valence-corrected chi connectivity index (χ2v) is 5.36. The number of pyridine rings is 1. The lowest BCUT2D eigenvalue weighted by molar-refractivity contribution is 0.0699. The number of rotatable bonds is 3. The van der Waals surface area contributed by atoms with Gasteiger partial charge in [0.1, 0.15) is 6.67 Å². The van der Waals surface area contributed by atoms with Crippen LogP contribution in [0.25, 0.3) is 10.9 Å². The monoisotopic (exact) mass is 288 g/mol. The van der Waals surface area contributed by atoms with Gasteiger partial charge in [0.05, 0.1) is 17.1 Å². The Balaban J connectivity index is 2.07. The van der Waals surface area contributed by atoms with Gasteiger partial charge < -0.3 is 10.0 Å². The van der Waals surface area contributed by atoms with E-state index in [1.54, 1.807) is 6.07 Å². The molecule has 0 saturated carbocycles. The first-order valence-electron chi connectivity index (χ1n) is 7.15. The summed E-state index contributed by atoms with van der Waals surface area (Å²) < 4.78 is 13.2. The molecule has 1 unspecified atom stereocenters. The molecule has 1 aliphatic rings. The predicted octanol–water partition coefficient (Wildman–Crippen LogP) is 3.26. The number of anilines is 1. The number of carboxylic acid groups (broad SMARTS) is 1. The number of hydrogen-bond acceptors (Lipinski definition) is 3. The number of alkyl halides is 1. The first-order valence-corrected chi connectivity index (χ1v) is 7.15. The minimum atomic E-state index is -0.972. The van der Waals surface area contributed by atoms with Gasteiger partial charge >= 0.3 is 5.97 Å². The van der Waals surface area contributed by atoms with E-state index in [0.29, 0.717) is 10.9 Å². The molecule has 110 valence electrons. The molecule has 1 aromatic heterocycles. The van der Waals surface area contributed by atoms with Crippen LogP contribution in [-0.2, 0) is 0 Å². The average molecular weight is 288 g/mol. The smallest absolute Gasteiger partial charge is 0.336 e. The van der Waals surface area contributed by atoms with E-state index < -0.39 is 5.97 Å². The van der Waals surface area contributed by atoms with Crippen molar-refractivity contribution in [3.05, 3.63) is 36.0 Å². The maximum Gasteiger partial charge on any atom is 0.336 e. The Morgan fingerprint density at radius 3 is 3.00 bits per heavy atom. The Morgan fingerprint density at radius 1 is 1.38 bits per heavy atom. The lowest BCUT2D eigenvalue weighted by Crippen LogP contribution is -2.40. The van der Waals surface area contributed by atoms with Gasteiger partial charge in [-0.1, -0.05) is 0 Å². The summed E-state index contributed by atoms with van der Waals surface area (Å²) in [6.07, 6.45) is 4.41. The summed E-state index contributed by atoms with van der Waals surface area (Å²) in [6.45, 7) is 0.430. The summed E-state index contributed by atoms with van der Waals surface area (Å²) in [5.41, 5.74) is 1.75. The number of carbonyl (C=O) groups is 1. The summed E-state index contributed by atoms with van der Waals surface area (Å²) >= 11 is 0. The molecule has 0 aliphatic carbocycles. The highest BCUT2D eigenvalue weighted by Crippen LogP contribution is 2.29. The molecule has 0 spiro atoms. The lowest BCUT2D eigenvalue weighted by atomic mass is 10.0. The molecule has 0 radical (unpaired) electrons. The number of fused-ring (bicyclic) bond motifs is 1. The summed E-state index contributed by atoms with van der Waals surface area (Å²) in [4.78, 5) is 17.6. The number of nitrogens with zero attached hydrogens (tertiary/aromatic N) is 2. The molecule has 21 heavy (non-hydrogen) atoms. The fraction of sp³-hybridized carbons (Fsp3) is 0.375. The van der Waals surface area contributed by atoms with Crippen LogP contribution in [0.4, 0.5) is 10.1 Å². The third-order valence-corrected chi connectivity index (χ3v) is 4.09. The maximum absolute atomic E-state index is 13.2. The molecular weight excluding hydrogens is 271 g/mol. The Labute approximate surface area is 122 Å². The molecule has 4 nitrogen and oxygen atoms in total. The Kier molecular flexibility index (Phi) is 3.73. The summed E-state index contributed by atoms with van der Waals surface area (Å²) in [6, 6.07) is 6.91. The quantitative estimate of drug-likeness (QED) is 0.942. The zero-order valence-electron chi connectivity index (χ0n) is 11.6. The van der Waals surface area contributed by atoms with E-state index in [9.17, 15) is 14.3 Å². The van der Waals surface area contributed by atoms with Gasteiger partial charge in [-0.15, -0.1) is 0 Å². The third-order valence-electron chi connectivity index (χ3n) is 4.09. The molecule has 1 atom stereocenters. The highest BCUT2D eigenvalue weighted by molar-refractivity contribution is 6.03. The third kappa shape index (κ3) is 2.55. The van der Waals surface area contributed by atoms with Gasteiger partial charge in [-0.3, -0.25) is 4.98 Å². The van der Waals surface area contributed by atoms with Crippen LogP contribution in [0.5, 0.6) is 0 Å². The second-order valence-electron chi connectivity index (χ2n) is 5.36. The number of carboxylic acids is 1. The largest absolute Gasteiger partial charge is 0.478 e. The fourth-order valence-corrected chi connectivity index (χ4v) is 3.00. The molecule has 0 bridgehead atoms. The Hall–Kier alpha value is -2.17. The topological polar surface area (TPSA) is 53.4 Å². The molecule has 1 saturated heterocycles. The van der Waals surface area contributed by atoms with Gasteiger partial charge in [-0.05, 0) is 43.5 Å². The fourth-order valence-electron chi connectivity index (χ4n) is 3.00. The molecular formula is C16H17FN2O2. The van der Waals surface area contributed by atoms with Crippen LogP contribution in [0.15, 0.2) is 30.5 Å². The molecule has 3 rings (SSSR count). The summed E-state index contributed by atoms with van der Waals surface area (Å²) in [5.74, 6) is -0.972. The van der Waals surface area contributed by atoms with E-state index in [4.69, 9.17) is 0 Å². The van der Waals surface area contributed by atoms with Crippen LogP contribution in [0, 0.1) is 0 Å². The zero-order valence-corrected chi connectivity index (χ0v) is 11.6. The van der Waals surface area contributed by atoms with Crippen LogP contribution in [0.3, 0.4) is 0 Å². The first-order chi connectivity index (χ1) is 10.2. The molecule has 5 heteroatoms. The normalized spacial score (nSPS) is 18.9. The van der Waals surface area contributed by atoms with Crippen molar-refractivity contribution in [2.24, 2.45) is 0 Å².